The first kappa shape index (κ1) is 12.5. The molecule has 0 aliphatic carbocycles. The first-order chi connectivity index (χ1) is 7.11. The molecule has 1 amide bonds. The monoisotopic (exact) mass is 215 g/mol. The Kier molecular flexibility index (Phi) is 5.05. The Balaban J connectivity index is 2.32. The van der Waals surface area contributed by atoms with Crippen LogP contribution in [0.4, 0.5) is 0 Å². The van der Waals surface area contributed by atoms with Crippen molar-refractivity contribution in [3.63, 3.8) is 0 Å². The molecule has 0 spiro atoms. The lowest BCUT2D eigenvalue weighted by Gasteiger charge is -2.30. The second-order valence-electron chi connectivity index (χ2n) is 4.57. The molecule has 4 nitrogen and oxygen atoms in total. The molecule has 2 unspecified atom stereocenters. The highest BCUT2D eigenvalue weighted by Gasteiger charge is 2.23. The third-order valence-corrected chi connectivity index (χ3v) is 2.61. The van der Waals surface area contributed by atoms with Gasteiger partial charge in [0, 0.05) is 12.6 Å². The molecule has 88 valence electrons. The lowest BCUT2D eigenvalue weighted by molar-refractivity contribution is -0.125. The van der Waals surface area contributed by atoms with Crippen molar-refractivity contribution < 1.29 is 14.6 Å². The molecular formula is C11H21NO3. The van der Waals surface area contributed by atoms with E-state index in [4.69, 9.17) is 9.84 Å². The fourth-order valence-corrected chi connectivity index (χ4v) is 1.97. The Morgan fingerprint density at radius 1 is 1.60 bits per heavy atom. The quantitative estimate of drug-likeness (QED) is 0.725. The van der Waals surface area contributed by atoms with Crippen molar-refractivity contribution in [1.29, 1.82) is 0 Å². The van der Waals surface area contributed by atoms with Gasteiger partial charge in [-0.3, -0.25) is 4.79 Å². The summed E-state index contributed by atoms with van der Waals surface area (Å²) in [5.74, 6) is 0.326. The summed E-state index contributed by atoms with van der Waals surface area (Å²) in [5, 5.41) is 11.4. The standard InChI is InChI=1S/C11H21NO3/c1-8(2)5-10-6-9(3-4-15-10)12-11(14)7-13/h8-10,13H,3-7H2,1-2H3,(H,12,14). The zero-order valence-electron chi connectivity index (χ0n) is 9.53. The van der Waals surface area contributed by atoms with Gasteiger partial charge in [0.15, 0.2) is 0 Å². The average molecular weight is 215 g/mol. The Labute approximate surface area is 91.0 Å². The van der Waals surface area contributed by atoms with E-state index in [1.165, 1.54) is 0 Å². The normalized spacial score (nSPS) is 26.7. The number of aliphatic hydroxyl groups is 1. The van der Waals surface area contributed by atoms with Gasteiger partial charge in [-0.05, 0) is 25.2 Å². The van der Waals surface area contributed by atoms with E-state index in [1.807, 2.05) is 0 Å². The van der Waals surface area contributed by atoms with Crippen molar-refractivity contribution in [3.05, 3.63) is 0 Å². The highest BCUT2D eigenvalue weighted by molar-refractivity contribution is 5.77. The predicted molar refractivity (Wildman–Crippen MR) is 57.4 cm³/mol. The van der Waals surface area contributed by atoms with Crippen LogP contribution in [0, 0.1) is 5.92 Å². The minimum atomic E-state index is -0.424. The molecule has 1 aliphatic rings. The molecule has 0 aromatic rings. The maximum atomic E-state index is 11.0. The number of carbonyl (C=O) groups is 1. The van der Waals surface area contributed by atoms with E-state index in [2.05, 4.69) is 19.2 Å². The number of nitrogens with one attached hydrogen (secondary N) is 1. The van der Waals surface area contributed by atoms with Crippen LogP contribution in [0.1, 0.15) is 33.1 Å². The molecule has 0 radical (unpaired) electrons. The molecule has 1 saturated heterocycles. The van der Waals surface area contributed by atoms with Gasteiger partial charge < -0.3 is 15.2 Å². The molecule has 2 N–H and O–H groups in total. The maximum absolute atomic E-state index is 11.0. The van der Waals surface area contributed by atoms with Crippen LogP contribution in [0.15, 0.2) is 0 Å². The smallest absolute Gasteiger partial charge is 0.245 e. The third-order valence-electron chi connectivity index (χ3n) is 2.61. The first-order valence-electron chi connectivity index (χ1n) is 5.63. The van der Waals surface area contributed by atoms with E-state index in [0.29, 0.717) is 12.5 Å². The number of aliphatic hydroxyl groups excluding tert-OH is 1. The molecule has 1 heterocycles. The van der Waals surface area contributed by atoms with Gasteiger partial charge in [0.25, 0.3) is 0 Å². The highest BCUT2D eigenvalue weighted by atomic mass is 16.5. The molecule has 4 heteroatoms. The summed E-state index contributed by atoms with van der Waals surface area (Å²) in [6.45, 7) is 4.61. The van der Waals surface area contributed by atoms with Crippen molar-refractivity contribution in [2.45, 2.75) is 45.3 Å². The number of amides is 1. The highest BCUT2D eigenvalue weighted by Crippen LogP contribution is 2.19. The summed E-state index contributed by atoms with van der Waals surface area (Å²) >= 11 is 0. The van der Waals surface area contributed by atoms with Crippen LogP contribution in [0.3, 0.4) is 0 Å². The number of rotatable bonds is 4. The van der Waals surface area contributed by atoms with Gasteiger partial charge >= 0.3 is 0 Å². The van der Waals surface area contributed by atoms with E-state index in [-0.39, 0.29) is 18.1 Å². The largest absolute Gasteiger partial charge is 0.387 e. The van der Waals surface area contributed by atoms with E-state index in [9.17, 15) is 4.79 Å². The molecule has 0 bridgehead atoms. The topological polar surface area (TPSA) is 58.6 Å². The number of ether oxygens (including phenoxy) is 1. The second-order valence-corrected chi connectivity index (χ2v) is 4.57. The van der Waals surface area contributed by atoms with Crippen LogP contribution >= 0.6 is 0 Å². The molecule has 0 aromatic carbocycles. The van der Waals surface area contributed by atoms with Crippen LogP contribution in [-0.2, 0) is 9.53 Å². The number of carbonyl (C=O) groups excluding carboxylic acids is 1. The zero-order valence-corrected chi connectivity index (χ0v) is 9.53. The van der Waals surface area contributed by atoms with Crippen molar-refractivity contribution in [3.8, 4) is 0 Å². The van der Waals surface area contributed by atoms with Crippen molar-refractivity contribution in [2.75, 3.05) is 13.2 Å². The zero-order chi connectivity index (χ0) is 11.3. The molecule has 0 aromatic heterocycles. The first-order valence-corrected chi connectivity index (χ1v) is 5.63. The molecule has 2 atom stereocenters. The van der Waals surface area contributed by atoms with Gasteiger partial charge in [0.2, 0.25) is 5.91 Å². The van der Waals surface area contributed by atoms with Gasteiger partial charge in [0.1, 0.15) is 6.61 Å². The van der Waals surface area contributed by atoms with Gasteiger partial charge in [-0.25, -0.2) is 0 Å². The molecule has 15 heavy (non-hydrogen) atoms. The summed E-state index contributed by atoms with van der Waals surface area (Å²) in [5.41, 5.74) is 0. The SMILES string of the molecule is CC(C)CC1CC(NC(=O)CO)CCO1. The van der Waals surface area contributed by atoms with E-state index in [1.54, 1.807) is 0 Å². The summed E-state index contributed by atoms with van der Waals surface area (Å²) in [4.78, 5) is 11.0. The minimum absolute atomic E-state index is 0.169. The second kappa shape index (κ2) is 6.08. The van der Waals surface area contributed by atoms with Gasteiger partial charge in [-0.15, -0.1) is 0 Å². The van der Waals surface area contributed by atoms with Crippen LogP contribution < -0.4 is 5.32 Å². The lowest BCUT2D eigenvalue weighted by atomic mass is 9.96. The van der Waals surface area contributed by atoms with E-state index < -0.39 is 6.61 Å². The van der Waals surface area contributed by atoms with Gasteiger partial charge in [0.05, 0.1) is 6.10 Å². The van der Waals surface area contributed by atoms with Crippen molar-refractivity contribution in [1.82, 2.24) is 5.32 Å². The van der Waals surface area contributed by atoms with Crippen molar-refractivity contribution >= 4 is 5.91 Å². The molecular weight excluding hydrogens is 194 g/mol. The molecule has 1 aliphatic heterocycles. The summed E-state index contributed by atoms with van der Waals surface area (Å²) < 4.78 is 5.62. The van der Waals surface area contributed by atoms with E-state index in [0.717, 1.165) is 19.3 Å². The maximum Gasteiger partial charge on any atom is 0.245 e. The summed E-state index contributed by atoms with van der Waals surface area (Å²) in [7, 11) is 0. The predicted octanol–water partition coefficient (Wildman–Crippen LogP) is 0.689. The summed E-state index contributed by atoms with van der Waals surface area (Å²) in [6, 6.07) is 0.169. The lowest BCUT2D eigenvalue weighted by Crippen LogP contribution is -2.43. The minimum Gasteiger partial charge on any atom is -0.387 e. The number of hydrogen-bond donors (Lipinski definition) is 2. The Morgan fingerprint density at radius 3 is 2.93 bits per heavy atom. The Bertz CT molecular complexity index is 206. The summed E-state index contributed by atoms with van der Waals surface area (Å²) in [6.07, 6.45) is 3.00. The fraction of sp³-hybridized carbons (Fsp3) is 0.909. The van der Waals surface area contributed by atoms with Gasteiger partial charge in [-0.1, -0.05) is 13.8 Å². The average Bonchev–Trinajstić information content (AvgIpc) is 2.17. The Hall–Kier alpha value is -0.610. The third kappa shape index (κ3) is 4.62. The Morgan fingerprint density at radius 2 is 2.33 bits per heavy atom. The van der Waals surface area contributed by atoms with Gasteiger partial charge in [-0.2, -0.15) is 0 Å². The van der Waals surface area contributed by atoms with Crippen LogP contribution in [0.2, 0.25) is 0 Å². The molecule has 0 saturated carbocycles. The van der Waals surface area contributed by atoms with Crippen LogP contribution in [0.25, 0.3) is 0 Å². The molecule has 1 fully saturated rings. The van der Waals surface area contributed by atoms with E-state index >= 15 is 0 Å². The number of hydrogen-bond acceptors (Lipinski definition) is 3. The molecule has 1 rings (SSSR count). The van der Waals surface area contributed by atoms with Crippen molar-refractivity contribution in [2.24, 2.45) is 5.92 Å². The van der Waals surface area contributed by atoms with Crippen LogP contribution in [0.5, 0.6) is 0 Å². The van der Waals surface area contributed by atoms with Crippen LogP contribution in [-0.4, -0.2) is 36.4 Å². The fourth-order valence-electron chi connectivity index (χ4n) is 1.97.